The number of nitro groups is 1. The Labute approximate surface area is 171 Å². The van der Waals surface area contributed by atoms with Gasteiger partial charge in [-0.25, -0.2) is 4.39 Å². The summed E-state index contributed by atoms with van der Waals surface area (Å²) in [6.45, 7) is 1.04. The number of nitrogens with zero attached hydrogens (tertiary/aromatic N) is 4. The summed E-state index contributed by atoms with van der Waals surface area (Å²) in [5, 5.41) is 19.0. The molecule has 1 amide bonds. The van der Waals surface area contributed by atoms with Crippen molar-refractivity contribution >= 4 is 11.6 Å². The quantitative estimate of drug-likeness (QED) is 0.469. The van der Waals surface area contributed by atoms with Crippen LogP contribution < -0.4 is 0 Å². The Hall–Kier alpha value is -3.62. The summed E-state index contributed by atoms with van der Waals surface area (Å²) < 4.78 is 18.8. The second kappa shape index (κ2) is 8.40. The second-order valence-electron chi connectivity index (χ2n) is 7.23. The third kappa shape index (κ3) is 4.35. The topological polar surface area (TPSA) is 102 Å². The number of non-ortho nitro benzene ring substituents is 1. The van der Waals surface area contributed by atoms with Gasteiger partial charge in [-0.05, 0) is 42.7 Å². The number of hydrogen-bond acceptors (Lipinski definition) is 6. The van der Waals surface area contributed by atoms with E-state index in [1.165, 1.54) is 36.4 Å². The Morgan fingerprint density at radius 3 is 2.60 bits per heavy atom. The predicted octanol–water partition coefficient (Wildman–Crippen LogP) is 3.73. The molecular formula is C21H19FN4O4. The van der Waals surface area contributed by atoms with Crippen LogP contribution in [0.25, 0.3) is 0 Å². The average molecular weight is 410 g/mol. The minimum atomic E-state index is -0.496. The fourth-order valence-electron chi connectivity index (χ4n) is 3.55. The van der Waals surface area contributed by atoms with E-state index in [1.807, 2.05) is 0 Å². The Bertz CT molecular complexity index is 1050. The number of hydrogen-bond donors (Lipinski definition) is 0. The second-order valence-corrected chi connectivity index (χ2v) is 7.23. The number of rotatable bonds is 5. The Kier molecular flexibility index (Phi) is 5.51. The molecule has 0 radical (unpaired) electrons. The first-order valence-corrected chi connectivity index (χ1v) is 9.60. The van der Waals surface area contributed by atoms with Crippen LogP contribution in [-0.2, 0) is 6.42 Å². The molecule has 3 aromatic rings. The highest BCUT2D eigenvalue weighted by molar-refractivity contribution is 5.94. The van der Waals surface area contributed by atoms with E-state index in [-0.39, 0.29) is 23.3 Å². The highest BCUT2D eigenvalue weighted by atomic mass is 19.1. The van der Waals surface area contributed by atoms with Crippen molar-refractivity contribution in [2.75, 3.05) is 13.1 Å². The van der Waals surface area contributed by atoms with E-state index in [0.717, 1.165) is 18.4 Å². The molecule has 154 valence electrons. The van der Waals surface area contributed by atoms with Crippen LogP contribution in [0.3, 0.4) is 0 Å². The van der Waals surface area contributed by atoms with Gasteiger partial charge in [0.05, 0.1) is 17.3 Å². The third-order valence-corrected chi connectivity index (χ3v) is 5.13. The molecule has 1 saturated heterocycles. The Morgan fingerprint density at radius 1 is 1.17 bits per heavy atom. The van der Waals surface area contributed by atoms with Gasteiger partial charge in [-0.1, -0.05) is 12.1 Å². The van der Waals surface area contributed by atoms with Gasteiger partial charge in [0.1, 0.15) is 5.82 Å². The molecule has 1 aromatic heterocycles. The molecule has 2 heterocycles. The van der Waals surface area contributed by atoms with E-state index in [1.54, 1.807) is 17.0 Å². The van der Waals surface area contributed by atoms with Crippen molar-refractivity contribution in [2.24, 2.45) is 0 Å². The van der Waals surface area contributed by atoms with Gasteiger partial charge in [0, 0.05) is 30.8 Å². The standard InChI is InChI=1S/C21H19FN4O4/c22-17-7-3-14(4-8-17)12-19-23-24-20(30-19)16-2-1-11-25(13-16)21(27)15-5-9-18(10-6-15)26(28)29/h3-10,16H,1-2,11-13H2. The molecular weight excluding hydrogens is 391 g/mol. The van der Waals surface area contributed by atoms with Crippen molar-refractivity contribution < 1.29 is 18.5 Å². The first-order valence-electron chi connectivity index (χ1n) is 9.60. The van der Waals surface area contributed by atoms with E-state index in [4.69, 9.17) is 4.42 Å². The summed E-state index contributed by atoms with van der Waals surface area (Å²) in [5.74, 6) is 0.365. The third-order valence-electron chi connectivity index (χ3n) is 5.13. The fourth-order valence-corrected chi connectivity index (χ4v) is 3.55. The van der Waals surface area contributed by atoms with Crippen molar-refractivity contribution in [2.45, 2.75) is 25.2 Å². The normalized spacial score (nSPS) is 16.4. The Morgan fingerprint density at radius 2 is 1.90 bits per heavy atom. The monoisotopic (exact) mass is 410 g/mol. The molecule has 0 bridgehead atoms. The van der Waals surface area contributed by atoms with E-state index in [0.29, 0.717) is 36.9 Å². The number of piperidine rings is 1. The van der Waals surface area contributed by atoms with Crippen LogP contribution in [0.2, 0.25) is 0 Å². The van der Waals surface area contributed by atoms with Gasteiger partial charge in [0.2, 0.25) is 11.8 Å². The minimum absolute atomic E-state index is 0.0531. The number of aromatic nitrogens is 2. The molecule has 2 aromatic carbocycles. The SMILES string of the molecule is O=C(c1ccc([N+](=O)[O-])cc1)N1CCCC(c2nnc(Cc3ccc(F)cc3)o2)C1. The summed E-state index contributed by atoms with van der Waals surface area (Å²) in [7, 11) is 0. The molecule has 0 saturated carbocycles. The van der Waals surface area contributed by atoms with Gasteiger partial charge in [0.25, 0.3) is 11.6 Å². The van der Waals surface area contributed by atoms with Gasteiger partial charge in [-0.3, -0.25) is 14.9 Å². The van der Waals surface area contributed by atoms with Crippen molar-refractivity contribution in [3.05, 3.63) is 87.4 Å². The van der Waals surface area contributed by atoms with Crippen molar-refractivity contribution in [1.29, 1.82) is 0 Å². The molecule has 1 fully saturated rings. The predicted molar refractivity (Wildman–Crippen MR) is 104 cm³/mol. The summed E-state index contributed by atoms with van der Waals surface area (Å²) in [6, 6.07) is 11.7. The largest absolute Gasteiger partial charge is 0.425 e. The lowest BCUT2D eigenvalue weighted by Crippen LogP contribution is -2.39. The maximum Gasteiger partial charge on any atom is 0.269 e. The molecule has 8 nitrogen and oxygen atoms in total. The first-order chi connectivity index (χ1) is 14.5. The summed E-state index contributed by atoms with van der Waals surface area (Å²) in [4.78, 5) is 24.8. The summed E-state index contributed by atoms with van der Waals surface area (Å²) in [5.41, 5.74) is 1.22. The molecule has 1 atom stereocenters. The summed E-state index contributed by atoms with van der Waals surface area (Å²) in [6.07, 6.45) is 2.02. The molecule has 9 heteroatoms. The van der Waals surface area contributed by atoms with E-state index >= 15 is 0 Å². The molecule has 0 N–H and O–H groups in total. The fraction of sp³-hybridized carbons (Fsp3) is 0.286. The molecule has 1 aliphatic heterocycles. The number of nitro benzene ring substituents is 1. The molecule has 1 aliphatic rings. The number of amides is 1. The van der Waals surface area contributed by atoms with Crippen molar-refractivity contribution in [3.63, 3.8) is 0 Å². The molecule has 0 spiro atoms. The highest BCUT2D eigenvalue weighted by Crippen LogP contribution is 2.27. The van der Waals surface area contributed by atoms with Crippen LogP contribution >= 0.6 is 0 Å². The number of likely N-dealkylation sites (tertiary alicyclic amines) is 1. The molecule has 30 heavy (non-hydrogen) atoms. The number of carbonyl (C=O) groups excluding carboxylic acids is 1. The van der Waals surface area contributed by atoms with Crippen LogP contribution in [0.4, 0.5) is 10.1 Å². The lowest BCUT2D eigenvalue weighted by atomic mass is 9.97. The zero-order chi connectivity index (χ0) is 21.1. The maximum atomic E-state index is 13.0. The van der Waals surface area contributed by atoms with Gasteiger partial charge < -0.3 is 9.32 Å². The van der Waals surface area contributed by atoms with Crippen LogP contribution in [0.15, 0.2) is 52.9 Å². The first kappa shape index (κ1) is 19.7. The Balaban J connectivity index is 1.42. The molecule has 0 aliphatic carbocycles. The lowest BCUT2D eigenvalue weighted by molar-refractivity contribution is -0.384. The van der Waals surface area contributed by atoms with E-state index in [2.05, 4.69) is 10.2 Å². The van der Waals surface area contributed by atoms with Crippen LogP contribution in [0.5, 0.6) is 0 Å². The van der Waals surface area contributed by atoms with Gasteiger partial charge in [-0.2, -0.15) is 0 Å². The smallest absolute Gasteiger partial charge is 0.269 e. The van der Waals surface area contributed by atoms with Gasteiger partial charge in [0.15, 0.2) is 0 Å². The summed E-state index contributed by atoms with van der Waals surface area (Å²) >= 11 is 0. The van der Waals surface area contributed by atoms with Gasteiger partial charge in [-0.15, -0.1) is 10.2 Å². The van der Waals surface area contributed by atoms with Crippen molar-refractivity contribution in [3.8, 4) is 0 Å². The minimum Gasteiger partial charge on any atom is -0.425 e. The lowest BCUT2D eigenvalue weighted by Gasteiger charge is -2.31. The zero-order valence-electron chi connectivity index (χ0n) is 16.0. The molecule has 1 unspecified atom stereocenters. The van der Waals surface area contributed by atoms with Crippen LogP contribution in [-0.4, -0.2) is 39.0 Å². The average Bonchev–Trinajstić information content (AvgIpc) is 3.23. The van der Waals surface area contributed by atoms with E-state index in [9.17, 15) is 19.3 Å². The van der Waals surface area contributed by atoms with Crippen LogP contribution in [0.1, 0.15) is 46.5 Å². The van der Waals surface area contributed by atoms with E-state index < -0.39 is 4.92 Å². The highest BCUT2D eigenvalue weighted by Gasteiger charge is 2.29. The number of benzene rings is 2. The molecule has 4 rings (SSSR count). The maximum absolute atomic E-state index is 13.0. The van der Waals surface area contributed by atoms with Crippen molar-refractivity contribution in [1.82, 2.24) is 15.1 Å². The number of halogens is 1. The van der Waals surface area contributed by atoms with Crippen LogP contribution in [0, 0.1) is 15.9 Å². The number of carbonyl (C=O) groups is 1. The zero-order valence-corrected chi connectivity index (χ0v) is 16.0. The van der Waals surface area contributed by atoms with Gasteiger partial charge >= 0.3 is 0 Å².